The molecule has 18 heavy (non-hydrogen) atoms. The number of rotatable bonds is 5. The van der Waals surface area contributed by atoms with Crippen LogP contribution in [0.2, 0.25) is 0 Å². The van der Waals surface area contributed by atoms with Crippen LogP contribution in [0.25, 0.3) is 0 Å². The van der Waals surface area contributed by atoms with Crippen molar-refractivity contribution in [1.29, 1.82) is 0 Å². The fourth-order valence-corrected chi connectivity index (χ4v) is 1.37. The maximum absolute atomic E-state index is 11.5. The molecule has 0 saturated heterocycles. The third-order valence-corrected chi connectivity index (χ3v) is 2.35. The Kier molecular flexibility index (Phi) is 4.92. The second kappa shape index (κ2) is 6.01. The molecule has 0 aliphatic heterocycles. The lowest BCUT2D eigenvalue weighted by molar-refractivity contribution is -0.121. The van der Waals surface area contributed by atoms with E-state index in [0.717, 1.165) is 0 Å². The molecular formula is C11H15BrN2O4. The van der Waals surface area contributed by atoms with Crippen molar-refractivity contribution in [3.8, 4) is 0 Å². The van der Waals surface area contributed by atoms with E-state index in [2.05, 4.69) is 26.6 Å². The molecule has 0 aliphatic carbocycles. The van der Waals surface area contributed by atoms with E-state index in [4.69, 9.17) is 4.42 Å². The number of furan rings is 1. The summed E-state index contributed by atoms with van der Waals surface area (Å²) < 4.78 is 5.47. The Morgan fingerprint density at radius 3 is 2.56 bits per heavy atom. The van der Waals surface area contributed by atoms with E-state index in [1.807, 2.05) is 0 Å². The molecule has 0 radical (unpaired) electrons. The molecule has 0 spiro atoms. The van der Waals surface area contributed by atoms with Crippen molar-refractivity contribution >= 4 is 27.7 Å². The van der Waals surface area contributed by atoms with E-state index in [1.54, 1.807) is 19.9 Å². The number of carbonyl (C=O) groups excluding carboxylic acids is 2. The number of aliphatic hydroxyl groups is 1. The molecule has 0 saturated carbocycles. The molecule has 2 amide bonds. The molecule has 0 atom stereocenters. The van der Waals surface area contributed by atoms with Crippen molar-refractivity contribution in [2.24, 2.45) is 0 Å². The highest BCUT2D eigenvalue weighted by Gasteiger charge is 2.15. The van der Waals surface area contributed by atoms with Crippen molar-refractivity contribution < 1.29 is 19.1 Å². The van der Waals surface area contributed by atoms with E-state index in [-0.39, 0.29) is 24.8 Å². The Morgan fingerprint density at radius 2 is 2.06 bits per heavy atom. The van der Waals surface area contributed by atoms with Crippen LogP contribution in [0.3, 0.4) is 0 Å². The van der Waals surface area contributed by atoms with Crippen molar-refractivity contribution in [3.63, 3.8) is 0 Å². The highest BCUT2D eigenvalue weighted by molar-refractivity contribution is 9.10. The summed E-state index contributed by atoms with van der Waals surface area (Å²) in [5.74, 6) is -0.729. The van der Waals surface area contributed by atoms with Gasteiger partial charge in [0, 0.05) is 6.54 Å². The molecule has 0 unspecified atom stereocenters. The highest BCUT2D eigenvalue weighted by atomic mass is 79.9. The predicted molar refractivity (Wildman–Crippen MR) is 68.0 cm³/mol. The topological polar surface area (TPSA) is 91.6 Å². The van der Waals surface area contributed by atoms with Crippen LogP contribution in [0.4, 0.5) is 0 Å². The lowest BCUT2D eigenvalue weighted by Crippen LogP contribution is -2.43. The SMILES string of the molecule is CC(C)(O)CNC(=O)CNC(=O)c1ccc(Br)o1. The Labute approximate surface area is 113 Å². The molecular weight excluding hydrogens is 304 g/mol. The van der Waals surface area contributed by atoms with E-state index in [1.165, 1.54) is 6.07 Å². The summed E-state index contributed by atoms with van der Waals surface area (Å²) in [7, 11) is 0. The molecule has 7 heteroatoms. The molecule has 1 aromatic heterocycles. The molecule has 1 heterocycles. The van der Waals surface area contributed by atoms with Gasteiger partial charge in [0.15, 0.2) is 10.4 Å². The molecule has 0 aromatic carbocycles. The van der Waals surface area contributed by atoms with Gasteiger partial charge in [0.1, 0.15) is 0 Å². The average Bonchev–Trinajstić information content (AvgIpc) is 2.69. The van der Waals surface area contributed by atoms with Crippen LogP contribution in [0.15, 0.2) is 21.2 Å². The predicted octanol–water partition coefficient (Wildman–Crippen LogP) is 0.659. The van der Waals surface area contributed by atoms with Crippen LogP contribution in [0.1, 0.15) is 24.4 Å². The van der Waals surface area contributed by atoms with Crippen LogP contribution in [0, 0.1) is 0 Å². The fourth-order valence-electron chi connectivity index (χ4n) is 1.06. The first-order valence-corrected chi connectivity index (χ1v) is 6.10. The van der Waals surface area contributed by atoms with Gasteiger partial charge < -0.3 is 20.2 Å². The van der Waals surface area contributed by atoms with Crippen molar-refractivity contribution in [2.75, 3.05) is 13.1 Å². The van der Waals surface area contributed by atoms with Crippen molar-refractivity contribution in [1.82, 2.24) is 10.6 Å². The summed E-state index contributed by atoms with van der Waals surface area (Å²) in [6.07, 6.45) is 0. The summed E-state index contributed by atoms with van der Waals surface area (Å²) in [4.78, 5) is 22.9. The normalized spacial score (nSPS) is 11.1. The smallest absolute Gasteiger partial charge is 0.287 e. The van der Waals surface area contributed by atoms with Crippen LogP contribution in [0.5, 0.6) is 0 Å². The summed E-state index contributed by atoms with van der Waals surface area (Å²) in [5, 5.41) is 14.3. The molecule has 0 fully saturated rings. The maximum atomic E-state index is 11.5. The Balaban J connectivity index is 2.33. The van der Waals surface area contributed by atoms with Gasteiger partial charge in [0.2, 0.25) is 5.91 Å². The van der Waals surface area contributed by atoms with Crippen molar-refractivity contribution in [2.45, 2.75) is 19.4 Å². The molecule has 6 nitrogen and oxygen atoms in total. The summed E-state index contributed by atoms with van der Waals surface area (Å²) in [6, 6.07) is 3.08. The minimum absolute atomic E-state index is 0.119. The van der Waals surface area contributed by atoms with Gasteiger partial charge in [-0.25, -0.2) is 0 Å². The summed E-state index contributed by atoms with van der Waals surface area (Å²) in [5.41, 5.74) is -0.981. The van der Waals surface area contributed by atoms with E-state index in [0.29, 0.717) is 4.67 Å². The number of nitrogens with one attached hydrogen (secondary N) is 2. The Morgan fingerprint density at radius 1 is 1.39 bits per heavy atom. The Bertz CT molecular complexity index is 436. The average molecular weight is 319 g/mol. The largest absolute Gasteiger partial charge is 0.444 e. The number of carbonyl (C=O) groups is 2. The van der Waals surface area contributed by atoms with E-state index >= 15 is 0 Å². The highest BCUT2D eigenvalue weighted by Crippen LogP contribution is 2.13. The van der Waals surface area contributed by atoms with Crippen molar-refractivity contribution in [3.05, 3.63) is 22.6 Å². The van der Waals surface area contributed by atoms with Gasteiger partial charge in [-0.15, -0.1) is 0 Å². The lowest BCUT2D eigenvalue weighted by atomic mass is 10.1. The maximum Gasteiger partial charge on any atom is 0.287 e. The monoisotopic (exact) mass is 318 g/mol. The van der Waals surface area contributed by atoms with Gasteiger partial charge >= 0.3 is 0 Å². The molecule has 0 bridgehead atoms. The number of halogens is 1. The fraction of sp³-hybridized carbons (Fsp3) is 0.455. The van der Waals surface area contributed by atoms with Gasteiger partial charge in [-0.3, -0.25) is 9.59 Å². The van der Waals surface area contributed by atoms with E-state index < -0.39 is 11.5 Å². The number of amides is 2. The second-order valence-electron chi connectivity index (χ2n) is 4.38. The molecule has 1 rings (SSSR count). The van der Waals surface area contributed by atoms with Crippen LogP contribution in [-0.4, -0.2) is 35.6 Å². The standard InChI is InChI=1S/C11H15BrN2O4/c1-11(2,17)6-14-9(15)5-13-10(16)7-3-4-8(12)18-7/h3-4,17H,5-6H2,1-2H3,(H,13,16)(H,14,15). The number of hydrogen-bond acceptors (Lipinski definition) is 4. The summed E-state index contributed by atoms with van der Waals surface area (Å²) >= 11 is 3.07. The minimum atomic E-state index is -0.981. The third-order valence-electron chi connectivity index (χ3n) is 1.92. The zero-order valence-electron chi connectivity index (χ0n) is 10.1. The second-order valence-corrected chi connectivity index (χ2v) is 5.16. The molecule has 3 N–H and O–H groups in total. The molecule has 0 aliphatic rings. The van der Waals surface area contributed by atoms with Gasteiger partial charge in [-0.1, -0.05) is 0 Å². The van der Waals surface area contributed by atoms with Gasteiger partial charge in [0.05, 0.1) is 12.1 Å². The van der Waals surface area contributed by atoms with Crippen LogP contribution in [-0.2, 0) is 4.79 Å². The third kappa shape index (κ3) is 5.33. The first kappa shape index (κ1) is 14.7. The zero-order valence-corrected chi connectivity index (χ0v) is 11.7. The Hall–Kier alpha value is -1.34. The van der Waals surface area contributed by atoms with E-state index in [9.17, 15) is 14.7 Å². The van der Waals surface area contributed by atoms with Crippen LogP contribution < -0.4 is 10.6 Å². The molecule has 100 valence electrons. The van der Waals surface area contributed by atoms with Crippen LogP contribution >= 0.6 is 15.9 Å². The van der Waals surface area contributed by atoms with Gasteiger partial charge in [-0.2, -0.15) is 0 Å². The zero-order chi connectivity index (χ0) is 13.8. The first-order valence-electron chi connectivity index (χ1n) is 5.30. The quantitative estimate of drug-likeness (QED) is 0.743. The van der Waals surface area contributed by atoms with Gasteiger partial charge in [-0.05, 0) is 41.9 Å². The molecule has 1 aromatic rings. The minimum Gasteiger partial charge on any atom is -0.444 e. The van der Waals surface area contributed by atoms with Gasteiger partial charge in [0.25, 0.3) is 5.91 Å². The number of hydrogen-bond donors (Lipinski definition) is 3. The lowest BCUT2D eigenvalue weighted by Gasteiger charge is -2.17. The first-order chi connectivity index (χ1) is 8.28. The summed E-state index contributed by atoms with van der Waals surface area (Å²) in [6.45, 7) is 3.10.